The molecule has 3 amide bonds. The SMILES string of the molecule is C=CCOc1cc(Br)c(/C=C2\SC(=O)N(CC(=O)Nc3cccc(C(F)(F)F)c3)C2=O)cc1OCC. The minimum Gasteiger partial charge on any atom is -0.490 e. The molecule has 12 heteroatoms. The summed E-state index contributed by atoms with van der Waals surface area (Å²) in [6.07, 6.45) is -1.53. The molecule has 0 atom stereocenters. The molecule has 1 heterocycles. The fraction of sp³-hybridized carbons (Fsp3) is 0.208. The van der Waals surface area contributed by atoms with Gasteiger partial charge in [-0.05, 0) is 60.7 Å². The summed E-state index contributed by atoms with van der Waals surface area (Å²) in [6.45, 7) is 5.37. The molecule has 0 spiro atoms. The predicted molar refractivity (Wildman–Crippen MR) is 134 cm³/mol. The zero-order valence-corrected chi connectivity index (χ0v) is 21.3. The topological polar surface area (TPSA) is 84.9 Å². The van der Waals surface area contributed by atoms with Crippen LogP contribution in [0.2, 0.25) is 0 Å². The molecule has 0 saturated carbocycles. The number of nitrogens with zero attached hydrogens (tertiary/aromatic N) is 1. The van der Waals surface area contributed by atoms with Gasteiger partial charge in [0.15, 0.2) is 11.5 Å². The fourth-order valence-electron chi connectivity index (χ4n) is 3.09. The quantitative estimate of drug-likeness (QED) is 0.283. The van der Waals surface area contributed by atoms with E-state index in [0.29, 0.717) is 39.9 Å². The molecule has 2 aromatic rings. The lowest BCUT2D eigenvalue weighted by Crippen LogP contribution is -2.36. The lowest BCUT2D eigenvalue weighted by molar-refractivity contribution is -0.137. The highest BCUT2D eigenvalue weighted by atomic mass is 79.9. The largest absolute Gasteiger partial charge is 0.490 e. The Hall–Kier alpha value is -3.25. The number of benzene rings is 2. The Labute approximate surface area is 217 Å². The molecule has 0 unspecified atom stereocenters. The summed E-state index contributed by atoms with van der Waals surface area (Å²) >= 11 is 4.05. The smallest absolute Gasteiger partial charge is 0.416 e. The van der Waals surface area contributed by atoms with Gasteiger partial charge in [-0.2, -0.15) is 13.2 Å². The third-order valence-corrected chi connectivity index (χ3v) is 6.25. The summed E-state index contributed by atoms with van der Waals surface area (Å²) in [5.74, 6) is -0.643. The van der Waals surface area contributed by atoms with Crippen molar-refractivity contribution >= 4 is 56.5 Å². The van der Waals surface area contributed by atoms with Gasteiger partial charge in [0.2, 0.25) is 5.91 Å². The van der Waals surface area contributed by atoms with E-state index < -0.39 is 35.3 Å². The molecule has 190 valence electrons. The highest BCUT2D eigenvalue weighted by molar-refractivity contribution is 9.10. The second-order valence-corrected chi connectivity index (χ2v) is 9.10. The molecule has 1 fully saturated rings. The van der Waals surface area contributed by atoms with Crippen molar-refractivity contribution in [2.75, 3.05) is 25.1 Å². The van der Waals surface area contributed by atoms with Crippen LogP contribution in [-0.4, -0.2) is 41.7 Å². The van der Waals surface area contributed by atoms with Crippen molar-refractivity contribution in [1.82, 2.24) is 4.90 Å². The van der Waals surface area contributed by atoms with Crippen LogP contribution in [0.1, 0.15) is 18.1 Å². The number of thioether (sulfide) groups is 1. The highest BCUT2D eigenvalue weighted by Gasteiger charge is 2.36. The van der Waals surface area contributed by atoms with Gasteiger partial charge in [0.25, 0.3) is 11.1 Å². The van der Waals surface area contributed by atoms with Crippen LogP contribution in [0.15, 0.2) is 58.4 Å². The van der Waals surface area contributed by atoms with Crippen molar-refractivity contribution in [3.05, 3.63) is 69.6 Å². The van der Waals surface area contributed by atoms with Gasteiger partial charge in [-0.1, -0.05) is 34.7 Å². The van der Waals surface area contributed by atoms with Gasteiger partial charge in [-0.15, -0.1) is 0 Å². The Bertz CT molecular complexity index is 1230. The van der Waals surface area contributed by atoms with Gasteiger partial charge in [0, 0.05) is 10.2 Å². The van der Waals surface area contributed by atoms with E-state index >= 15 is 0 Å². The normalized spacial score (nSPS) is 14.8. The third-order valence-electron chi connectivity index (χ3n) is 4.66. The van der Waals surface area contributed by atoms with Crippen molar-refractivity contribution in [2.24, 2.45) is 0 Å². The molecule has 0 bridgehead atoms. The number of alkyl halides is 3. The summed E-state index contributed by atoms with van der Waals surface area (Å²) in [5.41, 5.74) is -0.515. The van der Waals surface area contributed by atoms with Gasteiger partial charge >= 0.3 is 6.18 Å². The fourth-order valence-corrected chi connectivity index (χ4v) is 4.35. The van der Waals surface area contributed by atoms with Crippen molar-refractivity contribution in [3.8, 4) is 11.5 Å². The average molecular weight is 585 g/mol. The first-order valence-corrected chi connectivity index (χ1v) is 12.1. The first-order valence-electron chi connectivity index (χ1n) is 10.5. The molecular weight excluding hydrogens is 565 g/mol. The Balaban J connectivity index is 1.76. The van der Waals surface area contributed by atoms with E-state index in [1.807, 2.05) is 0 Å². The minimum atomic E-state index is -4.58. The molecule has 3 rings (SSSR count). The van der Waals surface area contributed by atoms with Crippen LogP contribution in [0.5, 0.6) is 11.5 Å². The molecule has 1 saturated heterocycles. The lowest BCUT2D eigenvalue weighted by Gasteiger charge is -2.14. The summed E-state index contributed by atoms with van der Waals surface area (Å²) in [6, 6.07) is 7.35. The Morgan fingerprint density at radius 3 is 2.58 bits per heavy atom. The van der Waals surface area contributed by atoms with Crippen molar-refractivity contribution in [1.29, 1.82) is 0 Å². The van der Waals surface area contributed by atoms with E-state index in [4.69, 9.17) is 9.47 Å². The van der Waals surface area contributed by atoms with Crippen LogP contribution >= 0.6 is 27.7 Å². The number of carbonyl (C=O) groups is 3. The molecule has 0 aromatic heterocycles. The van der Waals surface area contributed by atoms with Crippen LogP contribution in [0.25, 0.3) is 6.08 Å². The molecule has 7 nitrogen and oxygen atoms in total. The summed E-state index contributed by atoms with van der Waals surface area (Å²) in [4.78, 5) is 38.4. The second-order valence-electron chi connectivity index (χ2n) is 7.25. The number of nitrogens with one attached hydrogen (secondary N) is 1. The molecule has 0 aliphatic carbocycles. The number of anilines is 1. The first-order chi connectivity index (χ1) is 17.0. The Morgan fingerprint density at radius 2 is 1.92 bits per heavy atom. The molecule has 1 aliphatic heterocycles. The van der Waals surface area contributed by atoms with Gasteiger partial charge in [-0.25, -0.2) is 0 Å². The zero-order chi connectivity index (χ0) is 26.5. The number of hydrogen-bond acceptors (Lipinski definition) is 6. The number of halogens is 4. The molecule has 1 N–H and O–H groups in total. The van der Waals surface area contributed by atoms with Gasteiger partial charge in [0.1, 0.15) is 13.2 Å². The predicted octanol–water partition coefficient (Wildman–Crippen LogP) is 6.11. The third kappa shape index (κ3) is 6.70. The average Bonchev–Trinajstić information content (AvgIpc) is 3.07. The Morgan fingerprint density at radius 1 is 1.19 bits per heavy atom. The summed E-state index contributed by atoms with van der Waals surface area (Å²) < 4.78 is 50.4. The van der Waals surface area contributed by atoms with E-state index in [1.54, 1.807) is 25.1 Å². The van der Waals surface area contributed by atoms with E-state index in [0.717, 1.165) is 23.1 Å². The van der Waals surface area contributed by atoms with E-state index in [-0.39, 0.29) is 17.2 Å². The standard InChI is InChI=1S/C24H20BrF3N2O5S/c1-3-8-35-19-12-17(25)14(9-18(19)34-4-2)10-20-22(32)30(23(33)36-20)13-21(31)29-16-7-5-6-15(11-16)24(26,27)28/h3,5-7,9-12H,1,4,8,13H2,2H3,(H,29,31)/b20-10-. The molecule has 1 aliphatic rings. The monoisotopic (exact) mass is 584 g/mol. The maximum atomic E-state index is 12.9. The van der Waals surface area contributed by atoms with Gasteiger partial charge in [-0.3, -0.25) is 19.3 Å². The van der Waals surface area contributed by atoms with Crippen molar-refractivity contribution in [3.63, 3.8) is 0 Å². The molecule has 0 radical (unpaired) electrons. The van der Waals surface area contributed by atoms with E-state index in [1.165, 1.54) is 12.1 Å². The maximum absolute atomic E-state index is 12.9. The minimum absolute atomic E-state index is 0.0646. The van der Waals surface area contributed by atoms with Gasteiger partial charge < -0.3 is 14.8 Å². The molecule has 36 heavy (non-hydrogen) atoms. The zero-order valence-electron chi connectivity index (χ0n) is 18.9. The van der Waals surface area contributed by atoms with Crippen LogP contribution < -0.4 is 14.8 Å². The van der Waals surface area contributed by atoms with Crippen LogP contribution in [-0.2, 0) is 15.8 Å². The Kier molecular flexibility index (Phi) is 8.85. The van der Waals surface area contributed by atoms with E-state index in [9.17, 15) is 27.6 Å². The number of carbonyl (C=O) groups excluding carboxylic acids is 3. The van der Waals surface area contributed by atoms with Crippen LogP contribution in [0, 0.1) is 0 Å². The number of amides is 3. The summed E-state index contributed by atoms with van der Waals surface area (Å²) in [7, 11) is 0. The summed E-state index contributed by atoms with van der Waals surface area (Å²) in [5, 5.41) is 1.60. The van der Waals surface area contributed by atoms with Crippen molar-refractivity contribution < 1.29 is 37.0 Å². The second kappa shape index (κ2) is 11.7. The first kappa shape index (κ1) is 27.3. The molecule has 2 aromatic carbocycles. The van der Waals surface area contributed by atoms with Crippen LogP contribution in [0.3, 0.4) is 0 Å². The van der Waals surface area contributed by atoms with Crippen molar-refractivity contribution in [2.45, 2.75) is 13.1 Å². The number of ether oxygens (including phenoxy) is 2. The van der Waals surface area contributed by atoms with Gasteiger partial charge in [0.05, 0.1) is 17.1 Å². The van der Waals surface area contributed by atoms with E-state index in [2.05, 4.69) is 27.8 Å². The number of imide groups is 1. The molecular formula is C24H20BrF3N2O5S. The highest BCUT2D eigenvalue weighted by Crippen LogP contribution is 2.38. The lowest BCUT2D eigenvalue weighted by atomic mass is 10.1. The number of rotatable bonds is 9. The van der Waals surface area contributed by atoms with Crippen LogP contribution in [0.4, 0.5) is 23.7 Å². The number of hydrogen-bond donors (Lipinski definition) is 1. The maximum Gasteiger partial charge on any atom is 0.416 e.